The zero-order chi connectivity index (χ0) is 20.8. The molecular weight excluding hydrogens is 382 g/mol. The topological polar surface area (TPSA) is 116 Å². The summed E-state index contributed by atoms with van der Waals surface area (Å²) in [5.74, 6) is -1.86. The van der Waals surface area contributed by atoms with E-state index in [-0.39, 0.29) is 23.7 Å². The number of phenolic OH excluding ortho intramolecular Hbond substituents is 1. The van der Waals surface area contributed by atoms with E-state index in [2.05, 4.69) is 4.72 Å². The number of esters is 1. The number of aromatic hydroxyl groups is 1. The minimum atomic E-state index is -1.55. The number of rotatable bonds is 2. The number of ether oxygens (including phenoxy) is 1. The van der Waals surface area contributed by atoms with Gasteiger partial charge in [0.2, 0.25) is 0 Å². The van der Waals surface area contributed by atoms with Crippen molar-refractivity contribution in [1.82, 2.24) is 0 Å². The Morgan fingerprint density at radius 2 is 1.89 bits per heavy atom. The lowest BCUT2D eigenvalue weighted by Gasteiger charge is -2.20. The van der Waals surface area contributed by atoms with Gasteiger partial charge in [0.15, 0.2) is 5.78 Å². The number of hydrogen-bond acceptors (Lipinski definition) is 8. The van der Waals surface area contributed by atoms with Crippen molar-refractivity contribution in [3.05, 3.63) is 41.5 Å². The molecule has 28 heavy (non-hydrogen) atoms. The predicted molar refractivity (Wildman–Crippen MR) is 109 cm³/mol. The quantitative estimate of drug-likeness (QED) is 0.437. The van der Waals surface area contributed by atoms with Crippen molar-refractivity contribution in [3.8, 4) is 5.75 Å². The first-order chi connectivity index (χ1) is 13.2. The first-order valence-electron chi connectivity index (χ1n) is 8.86. The minimum Gasteiger partial charge on any atom is -0.507 e. The van der Waals surface area contributed by atoms with Crippen molar-refractivity contribution in [2.24, 2.45) is 5.92 Å². The molecule has 0 amide bonds. The van der Waals surface area contributed by atoms with Crippen LogP contribution in [0.25, 0.3) is 6.08 Å². The van der Waals surface area contributed by atoms with Gasteiger partial charge in [-0.25, -0.2) is 4.79 Å². The number of carbonyl (C=O) groups excluding carboxylic acids is 2. The predicted octanol–water partition coefficient (Wildman–Crippen LogP) is 2.53. The van der Waals surface area contributed by atoms with Gasteiger partial charge in [0.05, 0.1) is 6.10 Å². The van der Waals surface area contributed by atoms with Gasteiger partial charge >= 0.3 is 5.97 Å². The van der Waals surface area contributed by atoms with Crippen LogP contribution in [0.1, 0.15) is 36.2 Å². The second kappa shape index (κ2) is 9.77. The number of fused-ring (bicyclic) bond motifs is 1. The van der Waals surface area contributed by atoms with E-state index in [1.165, 1.54) is 42.3 Å². The average Bonchev–Trinajstić information content (AvgIpc) is 2.64. The van der Waals surface area contributed by atoms with Crippen LogP contribution < -0.4 is 4.72 Å². The van der Waals surface area contributed by atoms with Gasteiger partial charge in [-0.15, -0.1) is 0 Å². The van der Waals surface area contributed by atoms with E-state index in [9.17, 15) is 24.9 Å². The molecule has 0 aromatic heterocycles. The lowest BCUT2D eigenvalue weighted by molar-refractivity contribution is -0.127. The van der Waals surface area contributed by atoms with Gasteiger partial charge in [-0.1, -0.05) is 37.1 Å². The number of carbonyl (C=O) groups is 2. The Bertz CT molecular complexity index is 791. The maximum absolute atomic E-state index is 12.7. The smallest absolute Gasteiger partial charge is 0.342 e. The number of aliphatic hydroxyl groups is 2. The van der Waals surface area contributed by atoms with Crippen LogP contribution in [0, 0.1) is 5.92 Å². The molecule has 4 N–H and O–H groups in total. The molecule has 1 aliphatic heterocycles. The highest BCUT2D eigenvalue weighted by Gasteiger charge is 2.25. The van der Waals surface area contributed by atoms with E-state index in [0.717, 1.165) is 0 Å². The zero-order valence-corrected chi connectivity index (χ0v) is 16.8. The molecule has 0 saturated carbocycles. The first-order valence-corrected chi connectivity index (χ1v) is 10.1. The number of nitrogens with one attached hydrogen (secondary N) is 1. The minimum absolute atomic E-state index is 0.00843. The Balaban J connectivity index is 2.50. The van der Waals surface area contributed by atoms with Crippen LogP contribution in [0.2, 0.25) is 0 Å². The first kappa shape index (κ1) is 22.0. The van der Waals surface area contributed by atoms with E-state index in [4.69, 9.17) is 4.74 Å². The van der Waals surface area contributed by atoms with Gasteiger partial charge in [0, 0.05) is 23.9 Å². The van der Waals surface area contributed by atoms with Crippen LogP contribution in [-0.4, -0.2) is 51.6 Å². The summed E-state index contributed by atoms with van der Waals surface area (Å²) >= 11 is 1.32. The highest BCUT2D eigenvalue weighted by Crippen LogP contribution is 2.30. The largest absolute Gasteiger partial charge is 0.507 e. The molecule has 0 bridgehead atoms. The summed E-state index contributed by atoms with van der Waals surface area (Å²) in [7, 11) is 0. The molecule has 2 rings (SSSR count). The van der Waals surface area contributed by atoms with E-state index in [1.54, 1.807) is 19.9 Å². The van der Waals surface area contributed by atoms with E-state index < -0.39 is 30.1 Å². The fourth-order valence-corrected chi connectivity index (χ4v) is 3.02. The molecule has 1 aromatic rings. The summed E-state index contributed by atoms with van der Waals surface area (Å²) in [6.07, 6.45) is 4.15. The normalized spacial score (nSPS) is 28.6. The number of anilines is 1. The monoisotopic (exact) mass is 407 g/mol. The molecule has 7 nitrogen and oxygen atoms in total. The number of benzene rings is 1. The molecule has 0 spiro atoms. The third-order valence-electron chi connectivity index (χ3n) is 4.50. The second-order valence-electron chi connectivity index (χ2n) is 6.65. The third kappa shape index (κ3) is 5.37. The Hall–Kier alpha value is -2.29. The fraction of sp³-hybridized carbons (Fsp3) is 0.400. The summed E-state index contributed by atoms with van der Waals surface area (Å²) in [4.78, 5) is 24.7. The van der Waals surface area contributed by atoms with Crippen molar-refractivity contribution in [1.29, 1.82) is 0 Å². The standard InChI is InChI=1S/C20H25NO6S/c1-11-7-8-16(23)19(25)15(22)6-4-5-13-9-14(21-28-3)10-17(24)18(13)20(26)27-12(11)2/h4-5,7-12,15,19,21-22,24-25H,6H2,1-3H3/b5-4+,8-7-/t11-,12+,15+,19+/m1/s1. The van der Waals surface area contributed by atoms with Gasteiger partial charge < -0.3 is 24.8 Å². The number of aliphatic hydroxyl groups excluding tert-OH is 2. The number of ketones is 1. The number of hydrogen-bond donors (Lipinski definition) is 4. The maximum Gasteiger partial charge on any atom is 0.342 e. The van der Waals surface area contributed by atoms with Gasteiger partial charge in [0.25, 0.3) is 0 Å². The molecule has 8 heteroatoms. The van der Waals surface area contributed by atoms with Gasteiger partial charge in [-0.05, 0) is 31.1 Å². The summed E-state index contributed by atoms with van der Waals surface area (Å²) in [6.45, 7) is 3.42. The zero-order valence-electron chi connectivity index (χ0n) is 16.0. The van der Waals surface area contributed by atoms with Crippen LogP contribution >= 0.6 is 11.9 Å². The lowest BCUT2D eigenvalue weighted by atomic mass is 9.99. The Labute approximate surface area is 168 Å². The van der Waals surface area contributed by atoms with Gasteiger partial charge in [-0.2, -0.15) is 0 Å². The molecule has 4 atom stereocenters. The van der Waals surface area contributed by atoms with Crippen molar-refractivity contribution in [2.45, 2.75) is 38.6 Å². The highest BCUT2D eigenvalue weighted by molar-refractivity contribution is 7.99. The van der Waals surface area contributed by atoms with Crippen molar-refractivity contribution in [3.63, 3.8) is 0 Å². The Morgan fingerprint density at radius 1 is 1.18 bits per heavy atom. The molecule has 0 radical (unpaired) electrons. The van der Waals surface area contributed by atoms with Crippen LogP contribution in [0.15, 0.2) is 30.4 Å². The van der Waals surface area contributed by atoms with E-state index in [0.29, 0.717) is 11.3 Å². The molecule has 0 saturated heterocycles. The fourth-order valence-electron chi connectivity index (χ4n) is 2.67. The molecule has 0 aliphatic carbocycles. The van der Waals surface area contributed by atoms with Crippen molar-refractivity contribution in [2.75, 3.05) is 11.0 Å². The Kier molecular flexibility index (Phi) is 7.68. The Morgan fingerprint density at radius 3 is 2.57 bits per heavy atom. The lowest BCUT2D eigenvalue weighted by Crippen LogP contribution is -2.32. The van der Waals surface area contributed by atoms with Crippen LogP contribution in [0.3, 0.4) is 0 Å². The molecule has 1 aromatic carbocycles. The van der Waals surface area contributed by atoms with Gasteiger partial charge in [-0.3, -0.25) is 4.79 Å². The number of phenols is 1. The van der Waals surface area contributed by atoms with E-state index >= 15 is 0 Å². The van der Waals surface area contributed by atoms with Crippen LogP contribution in [0.4, 0.5) is 5.69 Å². The summed E-state index contributed by atoms with van der Waals surface area (Å²) in [5.41, 5.74) is 0.985. The summed E-state index contributed by atoms with van der Waals surface area (Å²) < 4.78 is 8.45. The molecule has 0 unspecified atom stereocenters. The van der Waals surface area contributed by atoms with Crippen molar-refractivity contribution >= 4 is 35.5 Å². The van der Waals surface area contributed by atoms with Crippen LogP contribution in [0.5, 0.6) is 5.75 Å². The molecule has 1 aliphatic rings. The molecule has 152 valence electrons. The molecule has 1 heterocycles. The van der Waals surface area contributed by atoms with Crippen molar-refractivity contribution < 1.29 is 29.6 Å². The van der Waals surface area contributed by atoms with E-state index in [1.807, 2.05) is 6.26 Å². The van der Waals surface area contributed by atoms with Crippen LogP contribution in [-0.2, 0) is 9.53 Å². The summed E-state index contributed by atoms with van der Waals surface area (Å²) in [5, 5.41) is 30.4. The maximum atomic E-state index is 12.7. The SMILES string of the molecule is CSNc1cc(O)c2c(c1)/C=C/C[C@H](O)[C@H](O)C(=O)/C=C\[C@@H](C)[C@H](C)OC2=O. The second-order valence-corrected chi connectivity index (χ2v) is 7.26. The average molecular weight is 407 g/mol. The summed E-state index contributed by atoms with van der Waals surface area (Å²) in [6, 6.07) is 3.09. The third-order valence-corrected chi connectivity index (χ3v) is 4.94. The highest BCUT2D eigenvalue weighted by atomic mass is 32.2. The molecular formula is C20H25NO6S. The molecule has 0 fully saturated rings. The van der Waals surface area contributed by atoms with Gasteiger partial charge in [0.1, 0.15) is 23.5 Å². The number of cyclic esters (lactones) is 1.